The Labute approximate surface area is 66.0 Å². The zero-order valence-electron chi connectivity index (χ0n) is 6.70. The van der Waals surface area contributed by atoms with Gasteiger partial charge in [0, 0.05) is 12.1 Å². The lowest BCUT2D eigenvalue weighted by atomic mass is 10.0. The second-order valence-electron chi connectivity index (χ2n) is 3.70. The van der Waals surface area contributed by atoms with Crippen LogP contribution in [0.4, 0.5) is 4.39 Å². The van der Waals surface area contributed by atoms with Gasteiger partial charge in [-0.05, 0) is 26.3 Å². The van der Waals surface area contributed by atoms with Crippen molar-refractivity contribution in [2.45, 2.75) is 43.6 Å². The van der Waals surface area contributed by atoms with Crippen LogP contribution in [-0.2, 0) is 0 Å². The first kappa shape index (κ1) is 7.50. The van der Waals surface area contributed by atoms with Crippen molar-refractivity contribution in [3.05, 3.63) is 0 Å². The minimum Gasteiger partial charge on any atom is -0.391 e. The van der Waals surface area contributed by atoms with Crippen molar-refractivity contribution in [2.24, 2.45) is 0 Å². The average Bonchev–Trinajstić information content (AvgIpc) is 2.12. The predicted octanol–water partition coefficient (Wildman–Crippen LogP) is 0.552. The van der Waals surface area contributed by atoms with Crippen LogP contribution in [0.5, 0.6) is 0 Å². The van der Waals surface area contributed by atoms with Crippen molar-refractivity contribution < 1.29 is 9.50 Å². The molecule has 2 heterocycles. The minimum atomic E-state index is -0.706. The molecule has 4 atom stereocenters. The van der Waals surface area contributed by atoms with Crippen LogP contribution in [-0.4, -0.2) is 41.4 Å². The number of piperidine rings is 1. The predicted molar refractivity (Wildman–Crippen MR) is 40.1 cm³/mol. The molecule has 2 saturated heterocycles. The summed E-state index contributed by atoms with van der Waals surface area (Å²) >= 11 is 0. The number of hydrogen-bond donors (Lipinski definition) is 1. The van der Waals surface area contributed by atoms with E-state index >= 15 is 0 Å². The number of likely N-dealkylation sites (N-methyl/N-ethyl adjacent to an activating group) is 1. The molecule has 3 heteroatoms. The van der Waals surface area contributed by atoms with Crippen LogP contribution in [0.3, 0.4) is 0 Å². The van der Waals surface area contributed by atoms with Crippen molar-refractivity contribution in [3.8, 4) is 0 Å². The molecule has 0 aliphatic carbocycles. The second-order valence-corrected chi connectivity index (χ2v) is 3.70. The first-order chi connectivity index (χ1) is 5.20. The quantitative estimate of drug-likeness (QED) is 0.558. The molecule has 0 radical (unpaired) electrons. The normalized spacial score (nSPS) is 51.5. The Balaban J connectivity index is 2.17. The summed E-state index contributed by atoms with van der Waals surface area (Å²) in [4.78, 5) is 2.00. The van der Waals surface area contributed by atoms with Gasteiger partial charge in [-0.2, -0.15) is 0 Å². The Bertz CT molecular complexity index is 164. The lowest BCUT2D eigenvalue weighted by molar-refractivity contribution is 0.0260. The highest BCUT2D eigenvalue weighted by Crippen LogP contribution is 2.36. The van der Waals surface area contributed by atoms with Gasteiger partial charge in [-0.1, -0.05) is 0 Å². The molecule has 2 aliphatic rings. The van der Waals surface area contributed by atoms with Crippen molar-refractivity contribution in [1.29, 1.82) is 0 Å². The number of fused-ring (bicyclic) bond motifs is 2. The van der Waals surface area contributed by atoms with E-state index in [-0.39, 0.29) is 18.2 Å². The van der Waals surface area contributed by atoms with E-state index in [1.807, 2.05) is 11.9 Å². The number of hydrogen-bond acceptors (Lipinski definition) is 2. The Morgan fingerprint density at radius 2 is 2.09 bits per heavy atom. The maximum Gasteiger partial charge on any atom is 0.117 e. The van der Waals surface area contributed by atoms with Gasteiger partial charge < -0.3 is 5.11 Å². The van der Waals surface area contributed by atoms with E-state index in [0.717, 1.165) is 12.8 Å². The number of rotatable bonds is 0. The summed E-state index contributed by atoms with van der Waals surface area (Å²) in [6.07, 6.45) is 1.12. The summed E-state index contributed by atoms with van der Waals surface area (Å²) in [5.74, 6) is 0. The van der Waals surface area contributed by atoms with Crippen LogP contribution >= 0.6 is 0 Å². The molecular weight excluding hydrogens is 145 g/mol. The van der Waals surface area contributed by atoms with Crippen LogP contribution in [0.2, 0.25) is 0 Å². The van der Waals surface area contributed by atoms with Gasteiger partial charge in [0.25, 0.3) is 0 Å². The van der Waals surface area contributed by atoms with Gasteiger partial charge in [-0.25, -0.2) is 4.39 Å². The van der Waals surface area contributed by atoms with Crippen molar-refractivity contribution >= 4 is 0 Å². The molecule has 0 aromatic rings. The van der Waals surface area contributed by atoms with Gasteiger partial charge >= 0.3 is 0 Å². The molecule has 2 rings (SSSR count). The third-order valence-corrected chi connectivity index (χ3v) is 3.13. The van der Waals surface area contributed by atoms with E-state index in [0.29, 0.717) is 6.42 Å². The van der Waals surface area contributed by atoms with Crippen molar-refractivity contribution in [2.75, 3.05) is 7.05 Å². The zero-order chi connectivity index (χ0) is 8.01. The van der Waals surface area contributed by atoms with Gasteiger partial charge in [0.05, 0.1) is 6.10 Å². The lowest BCUT2D eigenvalue weighted by Gasteiger charge is -2.34. The Hall–Kier alpha value is -0.150. The maximum absolute atomic E-state index is 13.1. The second kappa shape index (κ2) is 2.42. The molecule has 11 heavy (non-hydrogen) atoms. The van der Waals surface area contributed by atoms with E-state index in [9.17, 15) is 9.50 Å². The Kier molecular flexibility index (Phi) is 1.65. The summed E-state index contributed by atoms with van der Waals surface area (Å²) in [7, 11) is 1.91. The highest BCUT2D eigenvalue weighted by Gasteiger charge is 2.45. The van der Waals surface area contributed by atoms with E-state index in [4.69, 9.17) is 0 Å². The number of halogens is 1. The summed E-state index contributed by atoms with van der Waals surface area (Å²) in [6, 6.07) is 0.173. The first-order valence-electron chi connectivity index (χ1n) is 4.24. The summed E-state index contributed by atoms with van der Waals surface area (Å²) < 4.78 is 13.1. The number of alkyl halides is 1. The topological polar surface area (TPSA) is 23.5 Å². The third-order valence-electron chi connectivity index (χ3n) is 3.13. The van der Waals surface area contributed by atoms with Crippen LogP contribution in [0.15, 0.2) is 0 Å². The molecular formula is C8H14FNO. The third kappa shape index (κ3) is 0.983. The van der Waals surface area contributed by atoms with Crippen LogP contribution < -0.4 is 0 Å². The van der Waals surface area contributed by atoms with Gasteiger partial charge in [0.15, 0.2) is 0 Å². The molecule has 2 nitrogen and oxygen atoms in total. The van der Waals surface area contributed by atoms with Gasteiger partial charge in [0.1, 0.15) is 6.17 Å². The van der Waals surface area contributed by atoms with Crippen LogP contribution in [0.25, 0.3) is 0 Å². The van der Waals surface area contributed by atoms with Crippen LogP contribution in [0, 0.1) is 0 Å². The van der Waals surface area contributed by atoms with Gasteiger partial charge in [-0.3, -0.25) is 4.90 Å². The standard InChI is InChI=1S/C8H14FNO/c1-10-6-2-3-8(11)7(10)4-5(6)9/h5-8,11H,2-4H2,1H3. The maximum atomic E-state index is 13.1. The smallest absolute Gasteiger partial charge is 0.117 e. The monoisotopic (exact) mass is 159 g/mol. The molecule has 2 fully saturated rings. The largest absolute Gasteiger partial charge is 0.391 e. The zero-order valence-corrected chi connectivity index (χ0v) is 6.70. The first-order valence-corrected chi connectivity index (χ1v) is 4.24. The van der Waals surface area contributed by atoms with E-state index in [1.165, 1.54) is 0 Å². The number of aliphatic hydroxyl groups excluding tert-OH is 1. The molecule has 0 aromatic carbocycles. The Morgan fingerprint density at radius 1 is 1.36 bits per heavy atom. The molecule has 0 saturated carbocycles. The number of aliphatic hydroxyl groups is 1. The minimum absolute atomic E-state index is 0.0865. The molecule has 0 amide bonds. The molecule has 0 aromatic heterocycles. The van der Waals surface area contributed by atoms with E-state index in [2.05, 4.69) is 0 Å². The highest BCUT2D eigenvalue weighted by molar-refractivity contribution is 5.00. The average molecular weight is 159 g/mol. The fraction of sp³-hybridized carbons (Fsp3) is 1.00. The van der Waals surface area contributed by atoms with Gasteiger partial charge in [-0.15, -0.1) is 0 Å². The summed E-state index contributed by atoms with van der Waals surface area (Å²) in [5.41, 5.74) is 0. The SMILES string of the molecule is CN1C2CC(F)C1CCC2O. The molecule has 2 bridgehead atoms. The lowest BCUT2D eigenvalue weighted by Crippen LogP contribution is -2.45. The van der Waals surface area contributed by atoms with E-state index in [1.54, 1.807) is 0 Å². The molecule has 64 valence electrons. The molecule has 1 N–H and O–H groups in total. The summed E-state index contributed by atoms with van der Waals surface area (Å²) in [6.45, 7) is 0. The van der Waals surface area contributed by atoms with Crippen molar-refractivity contribution in [3.63, 3.8) is 0 Å². The Morgan fingerprint density at radius 3 is 2.73 bits per heavy atom. The van der Waals surface area contributed by atoms with Gasteiger partial charge in [0.2, 0.25) is 0 Å². The molecule has 0 spiro atoms. The fourth-order valence-electron chi connectivity index (χ4n) is 2.40. The highest BCUT2D eigenvalue weighted by atomic mass is 19.1. The van der Waals surface area contributed by atoms with Crippen LogP contribution in [0.1, 0.15) is 19.3 Å². The summed E-state index contributed by atoms with van der Waals surface area (Å²) in [5, 5.41) is 9.48. The van der Waals surface area contributed by atoms with E-state index < -0.39 is 6.17 Å². The number of nitrogens with zero attached hydrogens (tertiary/aromatic N) is 1. The molecule has 4 unspecified atom stereocenters. The van der Waals surface area contributed by atoms with Crippen molar-refractivity contribution in [1.82, 2.24) is 4.90 Å². The molecule has 2 aliphatic heterocycles. The fourth-order valence-corrected chi connectivity index (χ4v) is 2.40.